The molecule has 0 bridgehead atoms. The van der Waals surface area contributed by atoms with Crippen molar-refractivity contribution in [1.29, 1.82) is 0 Å². The van der Waals surface area contributed by atoms with Gasteiger partial charge in [-0.1, -0.05) is 25.8 Å². The fraction of sp³-hybridized carbons (Fsp3) is 0.516. The number of ether oxygens (including phenoxy) is 1. The van der Waals surface area contributed by atoms with Crippen molar-refractivity contribution in [3.63, 3.8) is 0 Å². The number of likely N-dealkylation sites (tertiary alicyclic amines) is 1. The molecule has 4 N–H and O–H groups in total. The minimum Gasteiger partial charge on any atom is -0.475 e. The molecule has 1 fully saturated rings. The smallest absolute Gasteiger partial charge is 0.475 e. The Morgan fingerprint density at radius 1 is 0.940 bits per heavy atom. The Hall–Kier alpha value is -4.65. The van der Waals surface area contributed by atoms with E-state index in [2.05, 4.69) is 30.2 Å². The SMILES string of the molecule is CCC(=O)CCCCC[C@H](NC(=O)CCN1CC(OC)C1)c1ncc(-c2ccc3nccnc3c2)[nH]1.O=C(O)C(F)(F)F.O=C(O)C(F)(F)F. The van der Waals surface area contributed by atoms with Crippen LogP contribution in [-0.2, 0) is 23.9 Å². The third-order valence-electron chi connectivity index (χ3n) is 7.28. The van der Waals surface area contributed by atoms with Crippen molar-refractivity contribution < 1.29 is 60.5 Å². The summed E-state index contributed by atoms with van der Waals surface area (Å²) < 4.78 is 68.8. The molecule has 3 heterocycles. The number of H-pyrrole nitrogens is 1. The number of Topliss-reactive ketones (excluding diaryl/α,β-unsaturated/α-hetero) is 1. The van der Waals surface area contributed by atoms with Gasteiger partial charge >= 0.3 is 24.3 Å². The number of imidazole rings is 1. The number of halogens is 6. The first-order valence-corrected chi connectivity index (χ1v) is 15.4. The molecule has 3 aromatic rings. The number of aliphatic carboxylic acids is 2. The first-order valence-electron chi connectivity index (χ1n) is 15.4. The van der Waals surface area contributed by atoms with E-state index >= 15 is 0 Å². The Morgan fingerprint density at radius 2 is 1.54 bits per heavy atom. The summed E-state index contributed by atoms with van der Waals surface area (Å²) in [6.45, 7) is 4.38. The lowest BCUT2D eigenvalue weighted by Crippen LogP contribution is -2.52. The number of rotatable bonds is 14. The molecule has 0 saturated carbocycles. The van der Waals surface area contributed by atoms with Crippen LogP contribution in [0, 0.1) is 0 Å². The number of fused-ring (bicyclic) bond motifs is 1. The molecule has 2 aromatic heterocycles. The fourth-order valence-corrected chi connectivity index (χ4v) is 4.47. The molecule has 1 aliphatic heterocycles. The van der Waals surface area contributed by atoms with Gasteiger partial charge < -0.3 is 25.3 Å². The molecule has 0 unspecified atom stereocenters. The quantitative estimate of drug-likeness (QED) is 0.128. The maximum Gasteiger partial charge on any atom is 0.490 e. The van der Waals surface area contributed by atoms with Crippen molar-refractivity contribution in [2.24, 2.45) is 0 Å². The lowest BCUT2D eigenvalue weighted by Gasteiger charge is -2.37. The fourth-order valence-electron chi connectivity index (χ4n) is 4.47. The number of hydrogen-bond acceptors (Lipinski definition) is 9. The van der Waals surface area contributed by atoms with Gasteiger partial charge in [0.25, 0.3) is 0 Å². The second-order valence-electron chi connectivity index (χ2n) is 11.0. The third kappa shape index (κ3) is 14.5. The predicted molar refractivity (Wildman–Crippen MR) is 166 cm³/mol. The molecule has 1 aromatic carbocycles. The van der Waals surface area contributed by atoms with Crippen LogP contribution >= 0.6 is 0 Å². The van der Waals surface area contributed by atoms with Crippen LogP contribution in [0.4, 0.5) is 26.3 Å². The normalized spacial score (nSPS) is 14.0. The number of carboxylic acids is 2. The van der Waals surface area contributed by atoms with Crippen LogP contribution in [-0.4, -0.2) is 104 Å². The first kappa shape index (κ1) is 41.5. The number of hydrogen-bond donors (Lipinski definition) is 4. The molecule has 0 radical (unpaired) electrons. The molecule has 50 heavy (non-hydrogen) atoms. The van der Waals surface area contributed by atoms with E-state index in [0.717, 1.165) is 73.4 Å². The summed E-state index contributed by atoms with van der Waals surface area (Å²) in [6, 6.07) is 5.71. The zero-order chi connectivity index (χ0) is 37.5. The standard InChI is InChI=1S/C27H36N6O3.2C2HF3O2/c1-3-20(34)7-5-4-6-8-23(31-26(35)11-14-33-17-21(18-33)36-2)27-30-16-25(32-27)19-9-10-22-24(15-19)29-13-12-28-22;2*3-2(4,5)1(6)7/h9-10,12-13,15-16,21,23H,3-8,11,14,17-18H2,1-2H3,(H,30,32)(H,31,35);2*(H,6,7)/t23-;;/m0../s1. The van der Waals surface area contributed by atoms with Gasteiger partial charge in [0.1, 0.15) is 11.6 Å². The molecule has 13 nitrogen and oxygen atoms in total. The molecule has 1 amide bonds. The van der Waals surface area contributed by atoms with Crippen LogP contribution in [0.3, 0.4) is 0 Å². The minimum absolute atomic E-state index is 0.0148. The average molecular weight is 721 g/mol. The summed E-state index contributed by atoms with van der Waals surface area (Å²) in [4.78, 5) is 61.2. The number of amides is 1. The van der Waals surface area contributed by atoms with Gasteiger partial charge in [0, 0.05) is 64.0 Å². The van der Waals surface area contributed by atoms with Crippen molar-refractivity contribution in [3.05, 3.63) is 42.6 Å². The molecule has 19 heteroatoms. The summed E-state index contributed by atoms with van der Waals surface area (Å²) in [6.07, 6.45) is 0.431. The number of nitrogens with zero attached hydrogens (tertiary/aromatic N) is 4. The van der Waals surface area contributed by atoms with E-state index in [4.69, 9.17) is 24.5 Å². The number of ketones is 1. The maximum absolute atomic E-state index is 12.8. The van der Waals surface area contributed by atoms with Gasteiger partial charge in [-0.3, -0.25) is 24.5 Å². The van der Waals surface area contributed by atoms with Crippen molar-refractivity contribution >= 4 is 34.7 Å². The Bertz CT molecular complexity index is 1540. The molecule has 1 aliphatic rings. The highest BCUT2D eigenvalue weighted by atomic mass is 19.4. The van der Waals surface area contributed by atoms with Crippen LogP contribution in [0.2, 0.25) is 0 Å². The average Bonchev–Trinajstić information content (AvgIpc) is 3.53. The van der Waals surface area contributed by atoms with Crippen molar-refractivity contribution in [3.8, 4) is 11.3 Å². The number of benzene rings is 1. The summed E-state index contributed by atoms with van der Waals surface area (Å²) in [5, 5.41) is 17.4. The van der Waals surface area contributed by atoms with E-state index in [0.29, 0.717) is 25.0 Å². The topological polar surface area (TPSA) is 188 Å². The zero-order valence-corrected chi connectivity index (χ0v) is 27.2. The monoisotopic (exact) mass is 720 g/mol. The highest BCUT2D eigenvalue weighted by Gasteiger charge is 2.39. The van der Waals surface area contributed by atoms with Crippen molar-refractivity contribution in [1.82, 2.24) is 30.2 Å². The molecular weight excluding hydrogens is 682 g/mol. The number of aromatic nitrogens is 4. The Balaban J connectivity index is 0.000000521. The lowest BCUT2D eigenvalue weighted by atomic mass is 10.0. The first-order chi connectivity index (χ1) is 23.4. The van der Waals surface area contributed by atoms with Gasteiger partial charge in [-0.25, -0.2) is 14.6 Å². The predicted octanol–water partition coefficient (Wildman–Crippen LogP) is 5.09. The van der Waals surface area contributed by atoms with Gasteiger partial charge in [0.05, 0.1) is 35.1 Å². The second-order valence-corrected chi connectivity index (χ2v) is 11.0. The van der Waals surface area contributed by atoms with Crippen molar-refractivity contribution in [2.45, 2.75) is 76.4 Å². The number of carboxylic acid groups (broad SMARTS) is 2. The van der Waals surface area contributed by atoms with Gasteiger partial charge in [-0.15, -0.1) is 0 Å². The number of aromatic amines is 1. The van der Waals surface area contributed by atoms with E-state index in [9.17, 15) is 35.9 Å². The number of unbranched alkanes of at least 4 members (excludes halogenated alkanes) is 2. The molecule has 4 rings (SSSR count). The summed E-state index contributed by atoms with van der Waals surface area (Å²) in [7, 11) is 1.72. The van der Waals surface area contributed by atoms with Gasteiger partial charge in [-0.05, 0) is 25.0 Å². The molecule has 1 atom stereocenters. The third-order valence-corrected chi connectivity index (χ3v) is 7.28. The molecule has 276 valence electrons. The number of carbonyl (C=O) groups is 4. The maximum atomic E-state index is 12.8. The molecule has 0 aliphatic carbocycles. The van der Waals surface area contributed by atoms with E-state index in [1.54, 1.807) is 25.7 Å². The van der Waals surface area contributed by atoms with Gasteiger partial charge in [-0.2, -0.15) is 26.3 Å². The minimum atomic E-state index is -5.08. The Labute approximate surface area is 282 Å². The van der Waals surface area contributed by atoms with Crippen LogP contribution in [0.5, 0.6) is 0 Å². The number of methoxy groups -OCH3 is 1. The van der Waals surface area contributed by atoms with E-state index in [1.807, 2.05) is 25.1 Å². The Kier molecular flexibility index (Phi) is 16.2. The van der Waals surface area contributed by atoms with Crippen LogP contribution in [0.1, 0.15) is 63.7 Å². The second kappa shape index (κ2) is 19.5. The van der Waals surface area contributed by atoms with Crippen LogP contribution in [0.25, 0.3) is 22.3 Å². The van der Waals surface area contributed by atoms with Crippen LogP contribution in [0.15, 0.2) is 36.8 Å². The lowest BCUT2D eigenvalue weighted by molar-refractivity contribution is -0.193. The Morgan fingerprint density at radius 3 is 2.10 bits per heavy atom. The zero-order valence-electron chi connectivity index (χ0n) is 27.2. The van der Waals surface area contributed by atoms with E-state index in [-0.39, 0.29) is 18.1 Å². The molecule has 0 spiro atoms. The highest BCUT2D eigenvalue weighted by Crippen LogP contribution is 2.25. The largest absolute Gasteiger partial charge is 0.490 e. The highest BCUT2D eigenvalue weighted by molar-refractivity contribution is 5.80. The number of alkyl halides is 6. The number of carbonyl (C=O) groups excluding carboxylic acids is 2. The van der Waals surface area contributed by atoms with Gasteiger partial charge in [0.15, 0.2) is 0 Å². The van der Waals surface area contributed by atoms with Gasteiger partial charge in [0.2, 0.25) is 5.91 Å². The summed E-state index contributed by atoms with van der Waals surface area (Å²) in [5.74, 6) is -4.45. The van der Waals surface area contributed by atoms with Crippen LogP contribution < -0.4 is 5.32 Å². The molecular formula is C31H38F6N6O7. The summed E-state index contributed by atoms with van der Waals surface area (Å²) >= 11 is 0. The van der Waals surface area contributed by atoms with Crippen molar-refractivity contribution in [2.75, 3.05) is 26.7 Å². The summed E-state index contributed by atoms with van der Waals surface area (Å²) in [5.41, 5.74) is 3.50. The molecule has 1 saturated heterocycles. The number of nitrogens with one attached hydrogen (secondary N) is 2. The van der Waals surface area contributed by atoms with E-state index < -0.39 is 24.3 Å². The van der Waals surface area contributed by atoms with E-state index in [1.165, 1.54) is 0 Å².